The predicted octanol–water partition coefficient (Wildman–Crippen LogP) is 6.70. The number of hydrogen-bond donors (Lipinski definition) is 2. The fourth-order valence-corrected chi connectivity index (χ4v) is 4.87. The Kier molecular flexibility index (Phi) is 7.47. The molecule has 30 heavy (non-hydrogen) atoms. The second-order valence-electron chi connectivity index (χ2n) is 7.13. The first-order chi connectivity index (χ1) is 14.1. The smallest absolute Gasteiger partial charge is 0.252 e. The number of rotatable bonds is 7. The molecule has 0 aliphatic heterocycles. The highest BCUT2D eigenvalue weighted by atomic mass is 35.5. The zero-order valence-electron chi connectivity index (χ0n) is 15.9. The van der Waals surface area contributed by atoms with Crippen molar-refractivity contribution in [2.45, 2.75) is 30.0 Å². The summed E-state index contributed by atoms with van der Waals surface area (Å²) in [5.41, 5.74) is 1.39. The van der Waals surface area contributed by atoms with E-state index in [0.717, 1.165) is 12.8 Å². The molecule has 0 spiro atoms. The van der Waals surface area contributed by atoms with Gasteiger partial charge in [0.2, 0.25) is 5.91 Å². The highest BCUT2D eigenvalue weighted by molar-refractivity contribution is 6.53. The third-order valence-corrected chi connectivity index (χ3v) is 6.58. The van der Waals surface area contributed by atoms with E-state index in [2.05, 4.69) is 10.6 Å². The Bertz CT molecular complexity index is 960. The fraction of sp³-hybridized carbons (Fsp3) is 0.333. The highest BCUT2D eigenvalue weighted by Crippen LogP contribution is 2.65. The molecule has 2 aromatic carbocycles. The molecular weight excluding hydrogens is 490 g/mol. The lowest BCUT2D eigenvalue weighted by atomic mass is 10.1. The van der Waals surface area contributed by atoms with Gasteiger partial charge in [-0.3, -0.25) is 9.59 Å². The van der Waals surface area contributed by atoms with E-state index in [0.29, 0.717) is 32.9 Å². The second kappa shape index (κ2) is 9.54. The molecular formula is C21H19Cl5N2O2. The van der Waals surface area contributed by atoms with Crippen LogP contribution in [0, 0.1) is 5.92 Å². The van der Waals surface area contributed by atoms with Crippen molar-refractivity contribution < 1.29 is 9.59 Å². The van der Waals surface area contributed by atoms with E-state index in [9.17, 15) is 9.59 Å². The first kappa shape index (κ1) is 23.5. The molecule has 0 bridgehead atoms. The SMILES string of the molecule is CCCCNC(=O)c1cc(NC(=O)[C@H]2[C@H](c3cc(Cl)cc(Cl)c3)C2(Cl)Cl)ccc1Cl. The van der Waals surface area contributed by atoms with Crippen LogP contribution < -0.4 is 10.6 Å². The molecule has 160 valence electrons. The minimum atomic E-state index is -1.29. The van der Waals surface area contributed by atoms with Gasteiger partial charge in [-0.05, 0) is 48.4 Å². The van der Waals surface area contributed by atoms with Gasteiger partial charge in [-0.1, -0.05) is 48.1 Å². The summed E-state index contributed by atoms with van der Waals surface area (Å²) in [7, 11) is 0. The van der Waals surface area contributed by atoms with E-state index in [1.54, 1.807) is 30.3 Å². The van der Waals surface area contributed by atoms with Crippen molar-refractivity contribution >= 4 is 75.5 Å². The lowest BCUT2D eigenvalue weighted by Gasteiger charge is -2.10. The van der Waals surface area contributed by atoms with Gasteiger partial charge in [0.05, 0.1) is 16.5 Å². The third kappa shape index (κ3) is 5.17. The molecule has 2 N–H and O–H groups in total. The van der Waals surface area contributed by atoms with Gasteiger partial charge >= 0.3 is 0 Å². The molecule has 0 radical (unpaired) electrons. The molecule has 1 aliphatic carbocycles. The van der Waals surface area contributed by atoms with Crippen molar-refractivity contribution in [2.24, 2.45) is 5.92 Å². The van der Waals surface area contributed by atoms with Crippen LogP contribution in [0.2, 0.25) is 15.1 Å². The minimum absolute atomic E-state index is 0.280. The van der Waals surface area contributed by atoms with Gasteiger partial charge < -0.3 is 10.6 Å². The molecule has 0 unspecified atom stereocenters. The van der Waals surface area contributed by atoms with Gasteiger partial charge in [-0.2, -0.15) is 0 Å². The number of nitrogens with one attached hydrogen (secondary N) is 2. The molecule has 4 nitrogen and oxygen atoms in total. The maximum Gasteiger partial charge on any atom is 0.252 e. The average Bonchev–Trinajstić information content (AvgIpc) is 3.25. The zero-order valence-corrected chi connectivity index (χ0v) is 19.7. The predicted molar refractivity (Wildman–Crippen MR) is 124 cm³/mol. The standard InChI is InChI=1S/C21H19Cl5N2O2/c1-2-3-6-27-19(29)15-10-14(4-5-16(15)24)28-20(30)18-17(21(18,25)26)11-7-12(22)9-13(23)8-11/h4-5,7-10,17-18H,2-3,6H2,1H3,(H,27,29)(H,28,30)/t17-,18+/m0/s1. The molecule has 2 atom stereocenters. The molecule has 9 heteroatoms. The van der Waals surface area contributed by atoms with E-state index in [-0.39, 0.29) is 17.4 Å². The van der Waals surface area contributed by atoms with Gasteiger partial charge in [0.1, 0.15) is 4.33 Å². The van der Waals surface area contributed by atoms with Crippen LogP contribution in [0.3, 0.4) is 0 Å². The summed E-state index contributed by atoms with van der Waals surface area (Å²) in [5, 5.41) is 6.74. The van der Waals surface area contributed by atoms with Crippen LogP contribution in [0.15, 0.2) is 36.4 Å². The van der Waals surface area contributed by atoms with Crippen LogP contribution in [-0.4, -0.2) is 22.7 Å². The van der Waals surface area contributed by atoms with Crippen molar-refractivity contribution in [3.8, 4) is 0 Å². The van der Waals surface area contributed by atoms with E-state index in [1.807, 2.05) is 6.92 Å². The lowest BCUT2D eigenvalue weighted by Crippen LogP contribution is -2.25. The number of carbonyl (C=O) groups excluding carboxylic acids is 2. The lowest BCUT2D eigenvalue weighted by molar-refractivity contribution is -0.117. The van der Waals surface area contributed by atoms with E-state index in [1.165, 1.54) is 6.07 Å². The summed E-state index contributed by atoms with van der Waals surface area (Å²) >= 11 is 31.0. The number of amides is 2. The van der Waals surface area contributed by atoms with E-state index in [4.69, 9.17) is 58.0 Å². The van der Waals surface area contributed by atoms with E-state index < -0.39 is 16.2 Å². The fourth-order valence-electron chi connectivity index (χ4n) is 3.29. The third-order valence-electron chi connectivity index (χ3n) is 4.87. The van der Waals surface area contributed by atoms with Crippen LogP contribution in [-0.2, 0) is 4.79 Å². The monoisotopic (exact) mass is 506 g/mol. The summed E-state index contributed by atoms with van der Waals surface area (Å²) in [6.45, 7) is 2.58. The molecule has 2 amide bonds. The van der Waals surface area contributed by atoms with Crippen LogP contribution in [0.5, 0.6) is 0 Å². The Morgan fingerprint density at radius 2 is 1.70 bits per heavy atom. The summed E-state index contributed by atoms with van der Waals surface area (Å²) in [6, 6.07) is 9.66. The number of alkyl halides is 2. The first-order valence-corrected chi connectivity index (χ1v) is 11.3. The Morgan fingerprint density at radius 3 is 2.33 bits per heavy atom. The number of anilines is 1. The largest absolute Gasteiger partial charge is 0.352 e. The highest BCUT2D eigenvalue weighted by Gasteiger charge is 2.67. The molecule has 3 rings (SSSR count). The Labute approximate surface area is 200 Å². The quantitative estimate of drug-likeness (QED) is 0.323. The topological polar surface area (TPSA) is 58.2 Å². The molecule has 1 fully saturated rings. The Balaban J connectivity index is 1.74. The summed E-state index contributed by atoms with van der Waals surface area (Å²) in [5.74, 6) is -1.83. The van der Waals surface area contributed by atoms with Crippen molar-refractivity contribution in [1.29, 1.82) is 0 Å². The summed E-state index contributed by atoms with van der Waals surface area (Å²) < 4.78 is -1.29. The van der Waals surface area contributed by atoms with Crippen molar-refractivity contribution in [3.63, 3.8) is 0 Å². The Morgan fingerprint density at radius 1 is 1.03 bits per heavy atom. The van der Waals surface area contributed by atoms with Gasteiger partial charge in [0.25, 0.3) is 5.91 Å². The number of unbranched alkanes of at least 4 members (excludes halogenated alkanes) is 1. The maximum atomic E-state index is 12.8. The van der Waals surface area contributed by atoms with Gasteiger partial charge in [0.15, 0.2) is 0 Å². The van der Waals surface area contributed by atoms with Crippen LogP contribution >= 0.6 is 58.0 Å². The average molecular weight is 509 g/mol. The molecule has 1 aliphatic rings. The first-order valence-electron chi connectivity index (χ1n) is 9.37. The summed E-state index contributed by atoms with van der Waals surface area (Å²) in [6.07, 6.45) is 1.83. The Hall–Kier alpha value is -1.17. The van der Waals surface area contributed by atoms with Crippen LogP contribution in [0.4, 0.5) is 5.69 Å². The van der Waals surface area contributed by atoms with E-state index >= 15 is 0 Å². The van der Waals surface area contributed by atoms with Gasteiger partial charge in [-0.25, -0.2) is 0 Å². The number of hydrogen-bond acceptors (Lipinski definition) is 2. The number of halogens is 5. The molecule has 2 aromatic rings. The summed E-state index contributed by atoms with van der Waals surface area (Å²) in [4.78, 5) is 25.2. The van der Waals surface area contributed by atoms with Crippen molar-refractivity contribution in [1.82, 2.24) is 5.32 Å². The van der Waals surface area contributed by atoms with Crippen molar-refractivity contribution in [3.05, 3.63) is 62.6 Å². The molecule has 0 aromatic heterocycles. The normalized spacial score (nSPS) is 19.3. The zero-order chi connectivity index (χ0) is 22.1. The minimum Gasteiger partial charge on any atom is -0.352 e. The van der Waals surface area contributed by atoms with Gasteiger partial charge in [-0.15, -0.1) is 23.2 Å². The molecule has 1 saturated carbocycles. The number of benzene rings is 2. The van der Waals surface area contributed by atoms with Gasteiger partial charge in [0, 0.05) is 28.2 Å². The molecule has 0 saturated heterocycles. The number of carbonyl (C=O) groups is 2. The van der Waals surface area contributed by atoms with Crippen LogP contribution in [0.1, 0.15) is 41.6 Å². The second-order valence-corrected chi connectivity index (χ2v) is 9.85. The van der Waals surface area contributed by atoms with Crippen LogP contribution in [0.25, 0.3) is 0 Å². The maximum absolute atomic E-state index is 12.8. The molecule has 0 heterocycles. The van der Waals surface area contributed by atoms with Crippen molar-refractivity contribution in [2.75, 3.05) is 11.9 Å².